The zero-order valence-corrected chi connectivity index (χ0v) is 47.9. The Morgan fingerprint density at radius 1 is 0.486 bits per heavy atom. The van der Waals surface area contributed by atoms with Crippen molar-refractivity contribution < 1.29 is 32.9 Å². The highest BCUT2D eigenvalue weighted by Gasteiger charge is 2.27. The summed E-state index contributed by atoms with van der Waals surface area (Å²) in [5.74, 6) is -0.175. The maximum atomic E-state index is 13.0. The molecule has 0 fully saturated rings. The van der Waals surface area contributed by atoms with Crippen molar-refractivity contribution >= 4 is 13.7 Å². The molecule has 0 saturated heterocycles. The van der Waals surface area contributed by atoms with Crippen LogP contribution in [0.5, 0.6) is 0 Å². The van der Waals surface area contributed by atoms with E-state index in [9.17, 15) is 19.4 Å². The Bertz CT molecular complexity index is 1280. The first kappa shape index (κ1) is 68.5. The van der Waals surface area contributed by atoms with Gasteiger partial charge in [0.2, 0.25) is 5.91 Å². The first-order valence-corrected chi connectivity index (χ1v) is 31.5. The van der Waals surface area contributed by atoms with Crippen LogP contribution in [0.4, 0.5) is 0 Å². The molecule has 9 heteroatoms. The highest BCUT2D eigenvalue weighted by molar-refractivity contribution is 7.47. The predicted molar refractivity (Wildman–Crippen MR) is 304 cm³/mol. The number of hydrogen-bond donors (Lipinski definition) is 3. The van der Waals surface area contributed by atoms with Gasteiger partial charge in [-0.25, -0.2) is 4.57 Å². The number of amides is 1. The molecule has 8 nitrogen and oxygen atoms in total. The Balaban J connectivity index is 4.15. The van der Waals surface area contributed by atoms with Crippen molar-refractivity contribution in [2.75, 3.05) is 40.9 Å². The zero-order chi connectivity index (χ0) is 51.3. The Labute approximate surface area is 435 Å². The molecule has 0 aromatic rings. The van der Waals surface area contributed by atoms with E-state index >= 15 is 0 Å². The van der Waals surface area contributed by atoms with Crippen molar-refractivity contribution in [2.24, 2.45) is 0 Å². The maximum Gasteiger partial charge on any atom is 0.472 e. The van der Waals surface area contributed by atoms with E-state index in [1.807, 2.05) is 27.2 Å². The number of carbonyl (C=O) groups is 1. The summed E-state index contributed by atoms with van der Waals surface area (Å²) in [4.78, 5) is 23.3. The molecule has 3 N–H and O–H groups in total. The van der Waals surface area contributed by atoms with Gasteiger partial charge < -0.3 is 19.8 Å². The van der Waals surface area contributed by atoms with E-state index in [0.717, 1.165) is 51.4 Å². The normalized spacial score (nSPS) is 14.2. The van der Waals surface area contributed by atoms with Crippen LogP contribution in [0, 0.1) is 0 Å². The number of aliphatic hydroxyl groups excluding tert-OH is 1. The van der Waals surface area contributed by atoms with Crippen molar-refractivity contribution in [1.82, 2.24) is 5.32 Å². The molecule has 0 radical (unpaired) electrons. The van der Waals surface area contributed by atoms with E-state index in [1.165, 1.54) is 212 Å². The van der Waals surface area contributed by atoms with Gasteiger partial charge in [0.05, 0.1) is 39.9 Å². The van der Waals surface area contributed by atoms with Gasteiger partial charge in [0.15, 0.2) is 0 Å². The third kappa shape index (κ3) is 54.2. The van der Waals surface area contributed by atoms with Gasteiger partial charge in [-0.05, 0) is 57.8 Å². The van der Waals surface area contributed by atoms with E-state index in [4.69, 9.17) is 9.05 Å². The largest absolute Gasteiger partial charge is 0.472 e. The van der Waals surface area contributed by atoms with E-state index in [1.54, 1.807) is 6.08 Å². The van der Waals surface area contributed by atoms with Gasteiger partial charge in [-0.2, -0.15) is 0 Å². The fourth-order valence-corrected chi connectivity index (χ4v) is 9.55. The standard InChI is InChI=1S/C61H117N2O6P/c1-6-8-10-12-14-16-18-20-22-24-26-27-28-29-30-31-32-33-34-35-37-39-41-43-45-47-49-51-53-55-61(65)62-59(58-69-70(66,67)68-57-56-63(3,4)5)60(64)54-52-50-48-46-44-42-40-38-36-25-23-21-19-17-15-13-11-9-7-2/h18,20,24,26,28-29,52,54,59-60,64H,6-17,19,21-23,25,27,30-51,53,55-58H2,1-5H3,(H-,62,65,66,67)/p+1/b20-18-,26-24-,29-28-,54-52+. The maximum absolute atomic E-state index is 13.0. The van der Waals surface area contributed by atoms with Crippen LogP contribution in [0.2, 0.25) is 0 Å². The smallest absolute Gasteiger partial charge is 0.387 e. The average molecular weight is 1010 g/mol. The number of rotatable bonds is 55. The average Bonchev–Trinajstić information content (AvgIpc) is 3.32. The highest BCUT2D eigenvalue weighted by Crippen LogP contribution is 2.43. The van der Waals surface area contributed by atoms with Gasteiger partial charge in [-0.3, -0.25) is 13.8 Å². The zero-order valence-electron chi connectivity index (χ0n) is 47.0. The first-order valence-electron chi connectivity index (χ1n) is 30.0. The van der Waals surface area contributed by atoms with Crippen LogP contribution in [0.25, 0.3) is 0 Å². The van der Waals surface area contributed by atoms with Crippen molar-refractivity contribution in [3.63, 3.8) is 0 Å². The van der Waals surface area contributed by atoms with Crippen molar-refractivity contribution in [3.05, 3.63) is 48.6 Å². The van der Waals surface area contributed by atoms with E-state index < -0.39 is 20.0 Å². The minimum atomic E-state index is -4.35. The van der Waals surface area contributed by atoms with Crippen molar-refractivity contribution in [3.8, 4) is 0 Å². The van der Waals surface area contributed by atoms with Gasteiger partial charge in [0, 0.05) is 6.42 Å². The monoisotopic (exact) mass is 1010 g/mol. The molecule has 3 atom stereocenters. The molecule has 0 saturated carbocycles. The quantitative estimate of drug-likeness (QED) is 0.0243. The molecule has 0 aromatic carbocycles. The van der Waals surface area contributed by atoms with Crippen LogP contribution in [0.3, 0.4) is 0 Å². The van der Waals surface area contributed by atoms with Gasteiger partial charge in [-0.1, -0.05) is 268 Å². The molecule has 0 aliphatic rings. The van der Waals surface area contributed by atoms with E-state index in [0.29, 0.717) is 17.4 Å². The number of likely N-dealkylation sites (N-methyl/N-ethyl adjacent to an activating group) is 1. The molecule has 412 valence electrons. The van der Waals surface area contributed by atoms with E-state index in [2.05, 4.69) is 55.6 Å². The summed E-state index contributed by atoms with van der Waals surface area (Å²) in [7, 11) is 1.58. The minimum Gasteiger partial charge on any atom is -0.387 e. The van der Waals surface area contributed by atoms with Gasteiger partial charge in [-0.15, -0.1) is 0 Å². The summed E-state index contributed by atoms with van der Waals surface area (Å²) >= 11 is 0. The van der Waals surface area contributed by atoms with Crippen molar-refractivity contribution in [2.45, 2.75) is 296 Å². The minimum absolute atomic E-state index is 0.0615. The van der Waals surface area contributed by atoms with Crippen LogP contribution in [-0.2, 0) is 18.4 Å². The second kappa shape index (κ2) is 52.3. The number of nitrogens with zero attached hydrogens (tertiary/aromatic N) is 1. The number of hydrogen-bond acceptors (Lipinski definition) is 5. The van der Waals surface area contributed by atoms with Crippen LogP contribution >= 0.6 is 7.82 Å². The molecule has 70 heavy (non-hydrogen) atoms. The molecule has 0 bridgehead atoms. The number of carbonyl (C=O) groups excluding carboxylic acids is 1. The lowest BCUT2D eigenvalue weighted by molar-refractivity contribution is -0.870. The molecular weight excluding hydrogens is 888 g/mol. The molecule has 3 unspecified atom stereocenters. The Kier molecular flexibility index (Phi) is 51.2. The summed E-state index contributed by atoms with van der Waals surface area (Å²) in [6.07, 6.45) is 69.2. The topological polar surface area (TPSA) is 105 Å². The molecule has 0 heterocycles. The number of unbranched alkanes of at least 4 members (excludes halogenated alkanes) is 36. The third-order valence-electron chi connectivity index (χ3n) is 13.5. The van der Waals surface area contributed by atoms with Gasteiger partial charge in [0.25, 0.3) is 0 Å². The predicted octanol–water partition coefficient (Wildman–Crippen LogP) is 18.3. The summed E-state index contributed by atoms with van der Waals surface area (Å²) in [6, 6.07) is -0.848. The second-order valence-electron chi connectivity index (χ2n) is 21.7. The van der Waals surface area contributed by atoms with Gasteiger partial charge in [0.1, 0.15) is 13.2 Å². The summed E-state index contributed by atoms with van der Waals surface area (Å²) in [6.45, 7) is 4.83. The number of phosphoric acid groups is 1. The fourth-order valence-electron chi connectivity index (χ4n) is 8.82. The van der Waals surface area contributed by atoms with Crippen LogP contribution in [-0.4, -0.2) is 73.4 Å². The number of nitrogens with one attached hydrogen (secondary N) is 1. The first-order chi connectivity index (χ1) is 34.0. The molecule has 0 spiro atoms. The molecule has 0 rings (SSSR count). The molecule has 0 aromatic heterocycles. The summed E-state index contributed by atoms with van der Waals surface area (Å²) in [5, 5.41) is 14.0. The Morgan fingerprint density at radius 2 is 0.814 bits per heavy atom. The lowest BCUT2D eigenvalue weighted by Gasteiger charge is -2.25. The van der Waals surface area contributed by atoms with Crippen molar-refractivity contribution in [1.29, 1.82) is 0 Å². The lowest BCUT2D eigenvalue weighted by atomic mass is 10.0. The van der Waals surface area contributed by atoms with Crippen LogP contribution in [0.15, 0.2) is 48.6 Å². The molecule has 1 amide bonds. The number of aliphatic hydroxyl groups is 1. The molecule has 0 aliphatic carbocycles. The van der Waals surface area contributed by atoms with Gasteiger partial charge >= 0.3 is 7.82 Å². The number of quaternary nitrogens is 1. The third-order valence-corrected chi connectivity index (χ3v) is 14.5. The number of phosphoric ester groups is 1. The lowest BCUT2D eigenvalue weighted by Crippen LogP contribution is -2.45. The summed E-state index contributed by atoms with van der Waals surface area (Å²) in [5.41, 5.74) is 0. The number of allylic oxidation sites excluding steroid dienone is 7. The van der Waals surface area contributed by atoms with E-state index in [-0.39, 0.29) is 19.1 Å². The second-order valence-corrected chi connectivity index (χ2v) is 23.2. The van der Waals surface area contributed by atoms with Crippen LogP contribution < -0.4 is 5.32 Å². The Hall–Kier alpha value is -1.54. The molecular formula is C61H118N2O6P+. The fraction of sp³-hybridized carbons (Fsp3) is 0.852. The highest BCUT2D eigenvalue weighted by atomic mass is 31.2. The summed E-state index contributed by atoms with van der Waals surface area (Å²) < 4.78 is 23.7. The Morgan fingerprint density at radius 3 is 1.19 bits per heavy atom. The van der Waals surface area contributed by atoms with Crippen LogP contribution in [0.1, 0.15) is 284 Å². The SMILES string of the molecule is CCCCCCC/C=C\C/C=C\C/C=C\CCCCCCCCCCCCCCCCC(=O)NC(COP(=O)(O)OCC[N+](C)(C)C)C(O)/C=C/CCCCCCCCCCCCCCCCCCC. The molecule has 0 aliphatic heterocycles.